The maximum Gasteiger partial charge on any atom is 0.315 e. The zero-order valence-electron chi connectivity index (χ0n) is 12.8. The van der Waals surface area contributed by atoms with Gasteiger partial charge in [-0.2, -0.15) is 0 Å². The molecule has 1 saturated heterocycles. The summed E-state index contributed by atoms with van der Waals surface area (Å²) < 4.78 is 0. The van der Waals surface area contributed by atoms with E-state index in [9.17, 15) is 14.7 Å². The summed E-state index contributed by atoms with van der Waals surface area (Å²) in [5, 5.41) is 15.0. The highest BCUT2D eigenvalue weighted by atomic mass is 16.4. The Kier molecular flexibility index (Phi) is 5.85. The third-order valence-corrected chi connectivity index (χ3v) is 4.77. The molecule has 2 rings (SSSR count). The van der Waals surface area contributed by atoms with Crippen LogP contribution in [0.5, 0.6) is 0 Å². The second-order valence-corrected chi connectivity index (χ2v) is 6.24. The van der Waals surface area contributed by atoms with E-state index in [1.807, 2.05) is 0 Å². The number of carbonyl (C=O) groups excluding carboxylic acids is 1. The molecule has 0 bridgehead atoms. The van der Waals surface area contributed by atoms with Crippen LogP contribution in [0.2, 0.25) is 0 Å². The van der Waals surface area contributed by atoms with Crippen LogP contribution < -0.4 is 10.6 Å². The quantitative estimate of drug-likeness (QED) is 0.714. The van der Waals surface area contributed by atoms with Crippen LogP contribution in [0.25, 0.3) is 0 Å². The molecule has 1 heterocycles. The zero-order valence-corrected chi connectivity index (χ0v) is 12.8. The average molecular weight is 297 g/mol. The van der Waals surface area contributed by atoms with Crippen LogP contribution in [0.1, 0.15) is 39.0 Å². The molecule has 0 spiro atoms. The molecule has 3 atom stereocenters. The van der Waals surface area contributed by atoms with Crippen molar-refractivity contribution in [2.24, 2.45) is 11.8 Å². The van der Waals surface area contributed by atoms with Crippen molar-refractivity contribution in [2.45, 2.75) is 45.1 Å². The van der Waals surface area contributed by atoms with Crippen molar-refractivity contribution < 1.29 is 14.7 Å². The van der Waals surface area contributed by atoms with E-state index in [0.717, 1.165) is 45.3 Å². The number of aliphatic carboxylic acids is 1. The number of carboxylic acids is 1. The van der Waals surface area contributed by atoms with Crippen molar-refractivity contribution in [3.8, 4) is 0 Å². The minimum atomic E-state index is -0.797. The number of amides is 2. The molecule has 1 saturated carbocycles. The molecule has 120 valence electrons. The summed E-state index contributed by atoms with van der Waals surface area (Å²) >= 11 is 0. The van der Waals surface area contributed by atoms with Gasteiger partial charge in [0, 0.05) is 19.1 Å². The minimum absolute atomic E-state index is 0.219. The summed E-state index contributed by atoms with van der Waals surface area (Å²) in [4.78, 5) is 25.5. The summed E-state index contributed by atoms with van der Waals surface area (Å²) in [6.45, 7) is 6.03. The SMILES string of the molecule is CCN1CCC(CNC(=O)NC2CCCCC2C(=O)O)C1. The lowest BCUT2D eigenvalue weighted by atomic mass is 9.84. The summed E-state index contributed by atoms with van der Waals surface area (Å²) in [7, 11) is 0. The number of urea groups is 1. The van der Waals surface area contributed by atoms with Crippen molar-refractivity contribution >= 4 is 12.0 Å². The predicted molar refractivity (Wildman–Crippen MR) is 80.1 cm³/mol. The number of carboxylic acid groups (broad SMARTS) is 1. The molecule has 1 aliphatic carbocycles. The van der Waals surface area contributed by atoms with E-state index in [0.29, 0.717) is 18.9 Å². The predicted octanol–water partition coefficient (Wildman–Crippen LogP) is 1.27. The lowest BCUT2D eigenvalue weighted by Gasteiger charge is -2.29. The van der Waals surface area contributed by atoms with Gasteiger partial charge in [0.15, 0.2) is 0 Å². The van der Waals surface area contributed by atoms with Gasteiger partial charge in [-0.05, 0) is 38.3 Å². The molecule has 3 unspecified atom stereocenters. The molecule has 6 heteroatoms. The molecule has 0 radical (unpaired) electrons. The molecule has 3 N–H and O–H groups in total. The first kappa shape index (κ1) is 16.1. The van der Waals surface area contributed by atoms with Crippen LogP contribution in [-0.4, -0.2) is 54.2 Å². The van der Waals surface area contributed by atoms with Gasteiger partial charge < -0.3 is 20.6 Å². The van der Waals surface area contributed by atoms with Gasteiger partial charge in [0.1, 0.15) is 0 Å². The van der Waals surface area contributed by atoms with Crippen molar-refractivity contribution in [2.75, 3.05) is 26.2 Å². The Morgan fingerprint density at radius 1 is 1.24 bits per heavy atom. The standard InChI is InChI=1S/C15H27N3O3/c1-2-18-8-7-11(10-18)9-16-15(21)17-13-6-4-3-5-12(13)14(19)20/h11-13H,2-10H2,1H3,(H,19,20)(H2,16,17,21). The first-order valence-corrected chi connectivity index (χ1v) is 8.09. The Hall–Kier alpha value is -1.30. The maximum absolute atomic E-state index is 12.0. The number of likely N-dealkylation sites (tertiary alicyclic amines) is 1. The topological polar surface area (TPSA) is 81.7 Å². The molecule has 21 heavy (non-hydrogen) atoms. The summed E-state index contributed by atoms with van der Waals surface area (Å²) in [6, 6.07) is -0.449. The Bertz CT molecular complexity index is 375. The van der Waals surface area contributed by atoms with Gasteiger partial charge in [-0.15, -0.1) is 0 Å². The fraction of sp³-hybridized carbons (Fsp3) is 0.867. The van der Waals surface area contributed by atoms with E-state index in [4.69, 9.17) is 0 Å². The molecule has 2 amide bonds. The number of rotatable bonds is 5. The monoisotopic (exact) mass is 297 g/mol. The van der Waals surface area contributed by atoms with Crippen molar-refractivity contribution in [1.82, 2.24) is 15.5 Å². The Morgan fingerprint density at radius 3 is 2.67 bits per heavy atom. The van der Waals surface area contributed by atoms with E-state index in [2.05, 4.69) is 22.5 Å². The zero-order chi connectivity index (χ0) is 15.2. The Labute approximate surface area is 126 Å². The van der Waals surface area contributed by atoms with Gasteiger partial charge in [0.05, 0.1) is 5.92 Å². The third-order valence-electron chi connectivity index (χ3n) is 4.77. The Balaban J connectivity index is 1.72. The second-order valence-electron chi connectivity index (χ2n) is 6.24. The molecule has 0 aromatic rings. The lowest BCUT2D eigenvalue weighted by Crippen LogP contribution is -2.49. The van der Waals surface area contributed by atoms with Gasteiger partial charge >= 0.3 is 12.0 Å². The van der Waals surface area contributed by atoms with Crippen LogP contribution in [-0.2, 0) is 4.79 Å². The summed E-state index contributed by atoms with van der Waals surface area (Å²) in [6.07, 6.45) is 4.47. The lowest BCUT2D eigenvalue weighted by molar-refractivity contribution is -0.143. The molecule has 1 aliphatic heterocycles. The minimum Gasteiger partial charge on any atom is -0.481 e. The van der Waals surface area contributed by atoms with E-state index in [-0.39, 0.29) is 12.1 Å². The normalized spacial score (nSPS) is 30.0. The van der Waals surface area contributed by atoms with Crippen LogP contribution in [0.15, 0.2) is 0 Å². The number of carbonyl (C=O) groups is 2. The molecule has 2 aliphatic rings. The highest BCUT2D eigenvalue weighted by Gasteiger charge is 2.32. The number of hydrogen-bond acceptors (Lipinski definition) is 3. The average Bonchev–Trinajstić information content (AvgIpc) is 2.93. The van der Waals surface area contributed by atoms with Crippen LogP contribution in [0.4, 0.5) is 4.79 Å². The largest absolute Gasteiger partial charge is 0.481 e. The van der Waals surface area contributed by atoms with Gasteiger partial charge in [-0.25, -0.2) is 4.79 Å². The van der Waals surface area contributed by atoms with Gasteiger partial charge in [-0.3, -0.25) is 4.79 Å². The number of hydrogen-bond donors (Lipinski definition) is 3. The van der Waals surface area contributed by atoms with Crippen molar-refractivity contribution in [1.29, 1.82) is 0 Å². The molecule has 0 aromatic heterocycles. The van der Waals surface area contributed by atoms with Crippen LogP contribution in [0, 0.1) is 11.8 Å². The molecular formula is C15H27N3O3. The van der Waals surface area contributed by atoms with Crippen molar-refractivity contribution in [3.05, 3.63) is 0 Å². The van der Waals surface area contributed by atoms with Gasteiger partial charge in [-0.1, -0.05) is 19.8 Å². The van der Waals surface area contributed by atoms with Crippen molar-refractivity contribution in [3.63, 3.8) is 0 Å². The summed E-state index contributed by atoms with van der Waals surface area (Å²) in [5.41, 5.74) is 0. The highest BCUT2D eigenvalue weighted by molar-refractivity contribution is 5.76. The molecular weight excluding hydrogens is 270 g/mol. The van der Waals surface area contributed by atoms with E-state index >= 15 is 0 Å². The van der Waals surface area contributed by atoms with E-state index < -0.39 is 11.9 Å². The fourth-order valence-corrected chi connectivity index (χ4v) is 3.42. The first-order chi connectivity index (χ1) is 10.1. The van der Waals surface area contributed by atoms with E-state index in [1.54, 1.807) is 0 Å². The third kappa shape index (κ3) is 4.59. The highest BCUT2D eigenvalue weighted by Crippen LogP contribution is 2.24. The smallest absolute Gasteiger partial charge is 0.315 e. The Morgan fingerprint density at radius 2 is 2.00 bits per heavy atom. The first-order valence-electron chi connectivity index (χ1n) is 8.09. The van der Waals surface area contributed by atoms with Gasteiger partial charge in [0.2, 0.25) is 0 Å². The van der Waals surface area contributed by atoms with Crippen LogP contribution in [0.3, 0.4) is 0 Å². The molecule has 0 aromatic carbocycles. The maximum atomic E-state index is 12.0. The van der Waals surface area contributed by atoms with Gasteiger partial charge in [0.25, 0.3) is 0 Å². The van der Waals surface area contributed by atoms with E-state index in [1.165, 1.54) is 0 Å². The number of nitrogens with zero attached hydrogens (tertiary/aromatic N) is 1. The fourth-order valence-electron chi connectivity index (χ4n) is 3.42. The van der Waals surface area contributed by atoms with Crippen LogP contribution >= 0.6 is 0 Å². The second kappa shape index (κ2) is 7.64. The molecule has 6 nitrogen and oxygen atoms in total. The summed E-state index contributed by atoms with van der Waals surface area (Å²) in [5.74, 6) is -0.724. The number of nitrogens with one attached hydrogen (secondary N) is 2. The molecule has 2 fully saturated rings.